The number of alkyl halides is 2. The number of phenolic OH excluding ortho intramolecular Hbond substituents is 1. The summed E-state index contributed by atoms with van der Waals surface area (Å²) in [5.41, 5.74) is 0.769. The van der Waals surface area contributed by atoms with Gasteiger partial charge in [-0.15, -0.1) is 23.2 Å². The van der Waals surface area contributed by atoms with Crippen LogP contribution in [-0.2, 0) is 24.0 Å². The molecule has 2 saturated heterocycles. The Kier molecular flexibility index (Phi) is 6.62. The number of phenols is 1. The molecule has 0 bridgehead atoms. The van der Waals surface area contributed by atoms with Crippen LogP contribution in [0, 0.1) is 23.6 Å². The largest absolute Gasteiger partial charge is 0.508 e. The molecular weight excluding hydrogens is 626 g/mol. The van der Waals surface area contributed by atoms with Crippen LogP contribution in [0.25, 0.3) is 10.8 Å². The molecular formula is C33H25Cl2FN2O7. The minimum atomic E-state index is -2.20. The molecule has 3 fully saturated rings. The summed E-state index contributed by atoms with van der Waals surface area (Å²) in [4.78, 5) is 64.8. The van der Waals surface area contributed by atoms with Crippen LogP contribution in [0.4, 0.5) is 10.1 Å². The predicted octanol–water partition coefficient (Wildman–Crippen LogP) is 4.72. The van der Waals surface area contributed by atoms with Gasteiger partial charge in [-0.05, 0) is 59.9 Å². The molecule has 2 N–H and O–H groups in total. The van der Waals surface area contributed by atoms with Crippen LogP contribution in [-0.4, -0.2) is 61.0 Å². The summed E-state index contributed by atoms with van der Waals surface area (Å²) < 4.78 is 13.8. The van der Waals surface area contributed by atoms with E-state index in [0.717, 1.165) is 21.9 Å². The number of rotatable bonds is 5. The van der Waals surface area contributed by atoms with Gasteiger partial charge >= 0.3 is 5.97 Å². The first-order valence-corrected chi connectivity index (χ1v) is 15.2. The Bertz CT molecular complexity index is 1880. The van der Waals surface area contributed by atoms with Gasteiger partial charge in [0, 0.05) is 18.0 Å². The number of carboxylic acid groups (broad SMARTS) is 1. The summed E-state index contributed by atoms with van der Waals surface area (Å²) in [6.45, 7) is -0.309. The fraction of sp³-hybridized carbons (Fsp3) is 0.303. The number of hydrogen-bond acceptors (Lipinski definition) is 6. The minimum Gasteiger partial charge on any atom is -0.508 e. The third-order valence-electron chi connectivity index (χ3n) is 9.77. The molecule has 7 rings (SSSR count). The molecule has 0 radical (unpaired) electrons. The number of carbonyl (C=O) groups is 5. The molecule has 1 saturated carbocycles. The summed E-state index contributed by atoms with van der Waals surface area (Å²) in [5.74, 6) is -8.71. The lowest BCUT2D eigenvalue weighted by Gasteiger charge is -2.51. The van der Waals surface area contributed by atoms with E-state index in [4.69, 9.17) is 23.2 Å². The van der Waals surface area contributed by atoms with Crippen LogP contribution >= 0.6 is 23.2 Å². The maximum Gasteiger partial charge on any atom is 0.305 e. The number of anilines is 1. The van der Waals surface area contributed by atoms with Crippen molar-refractivity contribution in [2.24, 2.45) is 17.8 Å². The van der Waals surface area contributed by atoms with Gasteiger partial charge in [0.2, 0.25) is 11.8 Å². The van der Waals surface area contributed by atoms with Gasteiger partial charge in [0.05, 0.1) is 23.9 Å². The van der Waals surface area contributed by atoms with Gasteiger partial charge in [-0.1, -0.05) is 42.0 Å². The third kappa shape index (κ3) is 3.94. The SMILES string of the molecule is O=C(O)CCN1C(=O)C2CC=C3C(CC4(Cl)C(=O)N(c5ccc(F)cc5)C(=O)C4(Cl)C3c3c(O)ccc4ccccc34)C2C1=O. The lowest BCUT2D eigenvalue weighted by atomic mass is 9.56. The second kappa shape index (κ2) is 10.1. The van der Waals surface area contributed by atoms with E-state index >= 15 is 0 Å². The first kappa shape index (κ1) is 29.4. The Morgan fingerprint density at radius 1 is 0.933 bits per heavy atom. The van der Waals surface area contributed by atoms with Gasteiger partial charge in [-0.3, -0.25) is 28.9 Å². The van der Waals surface area contributed by atoms with Crippen LogP contribution < -0.4 is 4.90 Å². The maximum atomic E-state index is 14.5. The average Bonchev–Trinajstić information content (AvgIpc) is 3.34. The van der Waals surface area contributed by atoms with Crippen molar-refractivity contribution < 1.29 is 38.6 Å². The number of likely N-dealkylation sites (tertiary alicyclic amines) is 1. The van der Waals surface area contributed by atoms with Gasteiger partial charge < -0.3 is 10.2 Å². The summed E-state index contributed by atoms with van der Waals surface area (Å²) >= 11 is 14.8. The Balaban J connectivity index is 1.45. The number of hydrogen-bond donors (Lipinski definition) is 2. The standard InChI is InChI=1S/C33H25Cl2FN2O7/c34-32-15-22-20(10-11-21-25(22)29(43)37(28(21)42)14-13-24(40)41)27(26-19-4-2-1-3-16(19)5-12-23(26)39)33(32,35)31(45)38(30(32)44)18-8-6-17(36)7-9-18/h1-10,12,21-22,25,27,39H,11,13-15H2,(H,40,41). The molecule has 2 heterocycles. The fourth-order valence-electron chi connectivity index (χ4n) is 7.80. The highest BCUT2D eigenvalue weighted by atomic mass is 35.5. The Labute approximate surface area is 265 Å². The van der Waals surface area contributed by atoms with E-state index in [1.54, 1.807) is 30.3 Å². The predicted molar refractivity (Wildman–Crippen MR) is 161 cm³/mol. The summed E-state index contributed by atoms with van der Waals surface area (Å²) in [5, 5.41) is 21.9. The number of carboxylic acids is 1. The van der Waals surface area contributed by atoms with E-state index in [-0.39, 0.29) is 36.4 Å². The van der Waals surface area contributed by atoms with E-state index in [9.17, 15) is 38.6 Å². The van der Waals surface area contributed by atoms with Crippen molar-refractivity contribution in [2.45, 2.75) is 34.9 Å². The van der Waals surface area contributed by atoms with E-state index in [2.05, 4.69) is 0 Å². The second-order valence-corrected chi connectivity index (χ2v) is 13.2. The minimum absolute atomic E-state index is 0.0449. The Morgan fingerprint density at radius 2 is 1.64 bits per heavy atom. The zero-order valence-electron chi connectivity index (χ0n) is 23.5. The molecule has 45 heavy (non-hydrogen) atoms. The molecule has 0 spiro atoms. The molecule has 9 nitrogen and oxygen atoms in total. The molecule has 12 heteroatoms. The van der Waals surface area contributed by atoms with Gasteiger partial charge in [0.15, 0.2) is 9.75 Å². The van der Waals surface area contributed by atoms with Gasteiger partial charge in [0.25, 0.3) is 11.8 Å². The van der Waals surface area contributed by atoms with Crippen LogP contribution in [0.15, 0.2) is 72.3 Å². The number of carbonyl (C=O) groups excluding carboxylic acids is 4. The first-order chi connectivity index (χ1) is 21.4. The van der Waals surface area contributed by atoms with Crippen LogP contribution in [0.5, 0.6) is 5.75 Å². The summed E-state index contributed by atoms with van der Waals surface area (Å²) in [7, 11) is 0. The monoisotopic (exact) mass is 650 g/mol. The smallest absolute Gasteiger partial charge is 0.305 e. The van der Waals surface area contributed by atoms with E-state index < -0.39 is 75.3 Å². The van der Waals surface area contributed by atoms with Crippen molar-refractivity contribution in [3.05, 3.63) is 83.7 Å². The topological polar surface area (TPSA) is 132 Å². The number of aliphatic carboxylic acids is 1. The normalized spacial score (nSPS) is 30.8. The molecule has 4 amide bonds. The average molecular weight is 651 g/mol. The molecule has 6 atom stereocenters. The van der Waals surface area contributed by atoms with Crippen molar-refractivity contribution >= 4 is 69.3 Å². The first-order valence-electron chi connectivity index (χ1n) is 14.4. The zero-order valence-corrected chi connectivity index (χ0v) is 25.0. The summed E-state index contributed by atoms with van der Waals surface area (Å²) in [6.07, 6.45) is 1.11. The highest BCUT2D eigenvalue weighted by molar-refractivity contribution is 6.58. The van der Waals surface area contributed by atoms with Crippen LogP contribution in [0.3, 0.4) is 0 Å². The molecule has 0 aromatic heterocycles. The van der Waals surface area contributed by atoms with Crippen molar-refractivity contribution in [1.29, 1.82) is 0 Å². The quantitative estimate of drug-likeness (QED) is 0.232. The van der Waals surface area contributed by atoms with Gasteiger partial charge in [-0.25, -0.2) is 9.29 Å². The van der Waals surface area contributed by atoms with Gasteiger partial charge in [-0.2, -0.15) is 0 Å². The third-order valence-corrected chi connectivity index (χ3v) is 11.2. The molecule has 4 aliphatic rings. The Morgan fingerprint density at radius 3 is 2.36 bits per heavy atom. The lowest BCUT2D eigenvalue weighted by molar-refractivity contribution is -0.142. The number of amides is 4. The van der Waals surface area contributed by atoms with Gasteiger partial charge in [0.1, 0.15) is 11.6 Å². The van der Waals surface area contributed by atoms with Crippen LogP contribution in [0.2, 0.25) is 0 Å². The highest BCUT2D eigenvalue weighted by Gasteiger charge is 2.77. The highest BCUT2D eigenvalue weighted by Crippen LogP contribution is 2.67. The number of imide groups is 2. The van der Waals surface area contributed by atoms with E-state index in [1.807, 2.05) is 6.07 Å². The molecule has 3 aromatic carbocycles. The zero-order chi connectivity index (χ0) is 32.0. The second-order valence-electron chi connectivity index (χ2n) is 11.9. The van der Waals surface area contributed by atoms with Crippen LogP contribution in [0.1, 0.15) is 30.7 Å². The van der Waals surface area contributed by atoms with Crippen molar-refractivity contribution in [3.8, 4) is 5.75 Å². The van der Waals surface area contributed by atoms with E-state index in [1.165, 1.54) is 18.2 Å². The number of allylic oxidation sites excluding steroid dienone is 2. The lowest BCUT2D eigenvalue weighted by Crippen LogP contribution is -2.60. The molecule has 2 aliphatic carbocycles. The van der Waals surface area contributed by atoms with Crippen molar-refractivity contribution in [3.63, 3.8) is 0 Å². The number of nitrogens with zero attached hydrogens (tertiary/aromatic N) is 2. The number of benzene rings is 3. The number of halogens is 3. The number of aromatic hydroxyl groups is 1. The number of fused-ring (bicyclic) bond motifs is 5. The molecule has 3 aromatic rings. The fourth-order valence-corrected chi connectivity index (χ4v) is 8.71. The van der Waals surface area contributed by atoms with Crippen molar-refractivity contribution in [2.75, 3.05) is 11.4 Å². The molecule has 230 valence electrons. The summed E-state index contributed by atoms with van der Waals surface area (Å²) in [6, 6.07) is 15.0. The van der Waals surface area contributed by atoms with Crippen molar-refractivity contribution in [1.82, 2.24) is 4.90 Å². The Hall–Kier alpha value is -4.28. The maximum absolute atomic E-state index is 14.5. The molecule has 2 aliphatic heterocycles. The van der Waals surface area contributed by atoms with E-state index in [0.29, 0.717) is 16.3 Å². The molecule has 6 unspecified atom stereocenters.